The third-order valence-corrected chi connectivity index (χ3v) is 2.78. The largest absolute Gasteiger partial charge is 0.351 e. The highest BCUT2D eigenvalue weighted by molar-refractivity contribution is 5.80. The van der Waals surface area contributed by atoms with E-state index in [0.717, 1.165) is 11.1 Å². The molecule has 6 heteroatoms. The first-order valence-electron chi connectivity index (χ1n) is 6.09. The van der Waals surface area contributed by atoms with Gasteiger partial charge >= 0.3 is 0 Å². The van der Waals surface area contributed by atoms with Gasteiger partial charge in [0.25, 0.3) is 0 Å². The summed E-state index contributed by atoms with van der Waals surface area (Å²) in [7, 11) is 0. The number of aromatic nitrogens is 3. The Morgan fingerprint density at radius 1 is 1.42 bits per heavy atom. The van der Waals surface area contributed by atoms with Crippen LogP contribution in [0, 0.1) is 0 Å². The van der Waals surface area contributed by atoms with E-state index in [0.29, 0.717) is 13.1 Å². The van der Waals surface area contributed by atoms with Gasteiger partial charge in [0.05, 0.1) is 12.6 Å². The fourth-order valence-corrected chi connectivity index (χ4v) is 1.72. The van der Waals surface area contributed by atoms with E-state index in [1.807, 2.05) is 24.3 Å². The Morgan fingerprint density at radius 2 is 2.16 bits per heavy atom. The van der Waals surface area contributed by atoms with E-state index in [-0.39, 0.29) is 5.91 Å². The molecular weight excluding hydrogens is 242 g/mol. The molecule has 2 rings (SSSR count). The van der Waals surface area contributed by atoms with Gasteiger partial charge in [-0.25, -0.2) is 9.67 Å². The second-order valence-electron chi connectivity index (χ2n) is 4.37. The third-order valence-electron chi connectivity index (χ3n) is 2.78. The minimum absolute atomic E-state index is 0.157. The lowest BCUT2D eigenvalue weighted by molar-refractivity contribution is -0.122. The molecule has 0 fully saturated rings. The lowest BCUT2D eigenvalue weighted by atomic mass is 10.1. The van der Waals surface area contributed by atoms with Crippen molar-refractivity contribution in [1.82, 2.24) is 20.1 Å². The second-order valence-corrected chi connectivity index (χ2v) is 4.37. The fraction of sp³-hybridized carbons (Fsp3) is 0.308. The van der Waals surface area contributed by atoms with Gasteiger partial charge in [-0.3, -0.25) is 4.79 Å². The Morgan fingerprint density at radius 3 is 2.79 bits per heavy atom. The van der Waals surface area contributed by atoms with Crippen LogP contribution in [0.1, 0.15) is 18.1 Å². The van der Waals surface area contributed by atoms with Crippen molar-refractivity contribution in [3.05, 3.63) is 48.0 Å². The highest BCUT2D eigenvalue weighted by atomic mass is 16.2. The number of nitrogens with zero attached hydrogens (tertiary/aromatic N) is 3. The van der Waals surface area contributed by atoms with Crippen LogP contribution < -0.4 is 11.1 Å². The molecular formula is C13H17N5O. The van der Waals surface area contributed by atoms with Crippen molar-refractivity contribution in [3.63, 3.8) is 0 Å². The summed E-state index contributed by atoms with van der Waals surface area (Å²) in [6.45, 7) is 2.76. The van der Waals surface area contributed by atoms with E-state index in [4.69, 9.17) is 5.73 Å². The summed E-state index contributed by atoms with van der Waals surface area (Å²) in [4.78, 5) is 15.4. The maximum Gasteiger partial charge on any atom is 0.236 e. The van der Waals surface area contributed by atoms with Crippen molar-refractivity contribution in [1.29, 1.82) is 0 Å². The third kappa shape index (κ3) is 3.62. The van der Waals surface area contributed by atoms with E-state index < -0.39 is 6.04 Å². The van der Waals surface area contributed by atoms with E-state index >= 15 is 0 Å². The smallest absolute Gasteiger partial charge is 0.236 e. The summed E-state index contributed by atoms with van der Waals surface area (Å²) in [6, 6.07) is 7.40. The average molecular weight is 259 g/mol. The van der Waals surface area contributed by atoms with Gasteiger partial charge in [0, 0.05) is 6.54 Å². The molecule has 0 radical (unpaired) electrons. The number of rotatable bonds is 5. The molecule has 3 N–H and O–H groups in total. The summed E-state index contributed by atoms with van der Waals surface area (Å²) in [5.74, 6) is -0.157. The van der Waals surface area contributed by atoms with Crippen molar-refractivity contribution < 1.29 is 4.79 Å². The summed E-state index contributed by atoms with van der Waals surface area (Å²) in [6.07, 6.45) is 3.16. The zero-order valence-corrected chi connectivity index (χ0v) is 10.8. The molecule has 0 saturated heterocycles. The van der Waals surface area contributed by atoms with Gasteiger partial charge in [-0.1, -0.05) is 24.3 Å². The van der Waals surface area contributed by atoms with E-state index in [1.165, 1.54) is 6.33 Å². The van der Waals surface area contributed by atoms with Crippen LogP contribution >= 0.6 is 0 Å². The first-order valence-corrected chi connectivity index (χ1v) is 6.09. The van der Waals surface area contributed by atoms with Crippen LogP contribution in [0.15, 0.2) is 36.9 Å². The number of nitrogens with two attached hydrogens (primary N) is 1. The zero-order valence-electron chi connectivity index (χ0n) is 10.8. The normalized spacial score (nSPS) is 12.1. The van der Waals surface area contributed by atoms with E-state index in [1.54, 1.807) is 17.9 Å². The van der Waals surface area contributed by atoms with Crippen LogP contribution in [0.2, 0.25) is 0 Å². The van der Waals surface area contributed by atoms with Gasteiger partial charge in [0.2, 0.25) is 5.91 Å². The molecule has 1 atom stereocenters. The minimum Gasteiger partial charge on any atom is -0.351 e. The Bertz CT molecular complexity index is 536. The molecule has 1 heterocycles. The molecule has 0 aliphatic carbocycles. The molecule has 100 valence electrons. The molecule has 0 aliphatic heterocycles. The molecule has 0 saturated carbocycles. The Hall–Kier alpha value is -2.21. The second kappa shape index (κ2) is 6.10. The first-order chi connectivity index (χ1) is 9.16. The van der Waals surface area contributed by atoms with Crippen LogP contribution in [0.5, 0.6) is 0 Å². The number of nitrogens with one attached hydrogen (secondary N) is 1. The summed E-state index contributed by atoms with van der Waals surface area (Å²) >= 11 is 0. The molecule has 0 unspecified atom stereocenters. The molecule has 0 spiro atoms. The molecule has 2 aromatic rings. The SMILES string of the molecule is C[C@@H](N)C(=O)NCc1ccccc1Cn1cncn1. The first kappa shape index (κ1) is 13.2. The van der Waals surface area contributed by atoms with Gasteiger partial charge < -0.3 is 11.1 Å². The molecule has 1 aromatic heterocycles. The van der Waals surface area contributed by atoms with Crippen molar-refractivity contribution in [2.45, 2.75) is 26.1 Å². The Balaban J connectivity index is 2.06. The summed E-state index contributed by atoms with van der Waals surface area (Å²) in [5, 5.41) is 6.88. The summed E-state index contributed by atoms with van der Waals surface area (Å²) < 4.78 is 1.74. The fourth-order valence-electron chi connectivity index (χ4n) is 1.72. The maximum atomic E-state index is 11.5. The van der Waals surface area contributed by atoms with Crippen molar-refractivity contribution in [2.75, 3.05) is 0 Å². The van der Waals surface area contributed by atoms with Gasteiger partial charge in [-0.05, 0) is 18.1 Å². The summed E-state index contributed by atoms with van der Waals surface area (Å²) in [5.41, 5.74) is 7.66. The van der Waals surface area contributed by atoms with E-state index in [9.17, 15) is 4.79 Å². The minimum atomic E-state index is -0.498. The highest BCUT2D eigenvalue weighted by Gasteiger charge is 2.08. The van der Waals surface area contributed by atoms with Gasteiger partial charge in [-0.2, -0.15) is 5.10 Å². The molecule has 0 bridgehead atoms. The Labute approximate surface area is 111 Å². The van der Waals surface area contributed by atoms with Crippen LogP contribution in [-0.2, 0) is 17.9 Å². The van der Waals surface area contributed by atoms with Gasteiger partial charge in [0.1, 0.15) is 12.7 Å². The topological polar surface area (TPSA) is 85.8 Å². The standard InChI is InChI=1S/C13H17N5O/c1-10(14)13(19)16-6-11-4-2-3-5-12(11)7-18-9-15-8-17-18/h2-5,8-10H,6-7,14H2,1H3,(H,16,19)/t10-/m1/s1. The monoisotopic (exact) mass is 259 g/mol. The molecule has 6 nitrogen and oxygen atoms in total. The molecule has 0 aliphatic rings. The lowest BCUT2D eigenvalue weighted by Gasteiger charge is -2.11. The van der Waals surface area contributed by atoms with Crippen molar-refractivity contribution in [3.8, 4) is 0 Å². The van der Waals surface area contributed by atoms with E-state index in [2.05, 4.69) is 15.4 Å². The zero-order chi connectivity index (χ0) is 13.7. The number of benzene rings is 1. The number of hydrogen-bond acceptors (Lipinski definition) is 4. The van der Waals surface area contributed by atoms with Crippen molar-refractivity contribution >= 4 is 5.91 Å². The Kier molecular flexibility index (Phi) is 4.25. The molecule has 19 heavy (non-hydrogen) atoms. The van der Waals surface area contributed by atoms with Crippen LogP contribution in [0.3, 0.4) is 0 Å². The predicted molar refractivity (Wildman–Crippen MR) is 71.1 cm³/mol. The maximum absolute atomic E-state index is 11.5. The molecule has 1 aromatic carbocycles. The van der Waals surface area contributed by atoms with Gasteiger partial charge in [-0.15, -0.1) is 0 Å². The average Bonchev–Trinajstić information content (AvgIpc) is 2.90. The van der Waals surface area contributed by atoms with Crippen LogP contribution in [0.4, 0.5) is 0 Å². The predicted octanol–water partition coefficient (Wildman–Crippen LogP) is 0.290. The van der Waals surface area contributed by atoms with Crippen LogP contribution in [-0.4, -0.2) is 26.7 Å². The number of hydrogen-bond donors (Lipinski definition) is 2. The lowest BCUT2D eigenvalue weighted by Crippen LogP contribution is -2.38. The van der Waals surface area contributed by atoms with Gasteiger partial charge in [0.15, 0.2) is 0 Å². The quantitative estimate of drug-likeness (QED) is 0.808. The van der Waals surface area contributed by atoms with Crippen LogP contribution in [0.25, 0.3) is 0 Å². The number of carbonyl (C=O) groups is 1. The number of amides is 1. The highest BCUT2D eigenvalue weighted by Crippen LogP contribution is 2.09. The molecule has 1 amide bonds. The number of carbonyl (C=O) groups excluding carboxylic acids is 1. The van der Waals surface area contributed by atoms with Crippen molar-refractivity contribution in [2.24, 2.45) is 5.73 Å².